The van der Waals surface area contributed by atoms with E-state index in [2.05, 4.69) is 15.9 Å². The molecule has 3 nitrogen and oxygen atoms in total. The van der Waals surface area contributed by atoms with Gasteiger partial charge in [0.15, 0.2) is 5.78 Å². The first-order valence-electron chi connectivity index (χ1n) is 4.57. The van der Waals surface area contributed by atoms with Crippen LogP contribution in [0.5, 0.6) is 0 Å². The van der Waals surface area contributed by atoms with Crippen molar-refractivity contribution < 1.29 is 14.7 Å². The van der Waals surface area contributed by atoms with E-state index in [4.69, 9.17) is 5.11 Å². The monoisotopic (exact) mass is 302 g/mol. The number of halogens is 1. The summed E-state index contributed by atoms with van der Waals surface area (Å²) >= 11 is 4.54. The summed E-state index contributed by atoms with van der Waals surface area (Å²) in [7, 11) is 0. The zero-order chi connectivity index (χ0) is 12.3. The number of carbonyl (C=O) groups is 2. The molecule has 0 saturated heterocycles. The minimum Gasteiger partial charge on any atom is -0.478 e. The standard InChI is InChI=1S/C11H11BrO3S/c1-6(12)10(13)9-7(11(14)15)4-3-5-8(9)16-2/h3-6H,1-2H3,(H,14,15). The van der Waals surface area contributed by atoms with Crippen molar-refractivity contribution in [3.8, 4) is 0 Å². The van der Waals surface area contributed by atoms with Gasteiger partial charge in [-0.25, -0.2) is 4.79 Å². The molecule has 1 atom stereocenters. The van der Waals surface area contributed by atoms with Crippen molar-refractivity contribution >= 4 is 39.4 Å². The van der Waals surface area contributed by atoms with Crippen LogP contribution in [0.15, 0.2) is 23.1 Å². The number of hydrogen-bond donors (Lipinski definition) is 1. The van der Waals surface area contributed by atoms with Gasteiger partial charge in [0, 0.05) is 10.5 Å². The second-order valence-corrected chi connectivity index (χ2v) is 5.39. The fourth-order valence-electron chi connectivity index (χ4n) is 1.33. The summed E-state index contributed by atoms with van der Waals surface area (Å²) in [6.45, 7) is 1.69. The Kier molecular flexibility index (Phi) is 4.56. The topological polar surface area (TPSA) is 54.4 Å². The van der Waals surface area contributed by atoms with E-state index in [1.807, 2.05) is 6.26 Å². The summed E-state index contributed by atoms with van der Waals surface area (Å²) < 4.78 is 0. The molecule has 1 N–H and O–H groups in total. The smallest absolute Gasteiger partial charge is 0.336 e. The fourth-order valence-corrected chi connectivity index (χ4v) is 2.19. The predicted molar refractivity (Wildman–Crippen MR) is 67.9 cm³/mol. The van der Waals surface area contributed by atoms with E-state index in [9.17, 15) is 9.59 Å². The molecule has 5 heteroatoms. The van der Waals surface area contributed by atoms with Gasteiger partial charge in [-0.2, -0.15) is 0 Å². The molecule has 16 heavy (non-hydrogen) atoms. The van der Waals surface area contributed by atoms with Gasteiger partial charge in [-0.3, -0.25) is 4.79 Å². The Balaban J connectivity index is 3.42. The molecule has 1 unspecified atom stereocenters. The van der Waals surface area contributed by atoms with Gasteiger partial charge in [0.1, 0.15) is 0 Å². The van der Waals surface area contributed by atoms with Crippen molar-refractivity contribution in [3.05, 3.63) is 29.3 Å². The van der Waals surface area contributed by atoms with E-state index >= 15 is 0 Å². The molecule has 1 aromatic rings. The maximum Gasteiger partial charge on any atom is 0.336 e. The summed E-state index contributed by atoms with van der Waals surface area (Å²) in [6.07, 6.45) is 1.82. The van der Waals surface area contributed by atoms with Gasteiger partial charge in [-0.1, -0.05) is 22.0 Å². The molecule has 1 rings (SSSR count). The maximum atomic E-state index is 11.9. The third-order valence-electron chi connectivity index (χ3n) is 2.08. The van der Waals surface area contributed by atoms with Crippen LogP contribution < -0.4 is 0 Å². The highest BCUT2D eigenvalue weighted by molar-refractivity contribution is 9.10. The highest BCUT2D eigenvalue weighted by atomic mass is 79.9. The average molecular weight is 303 g/mol. The Morgan fingerprint density at radius 3 is 2.50 bits per heavy atom. The lowest BCUT2D eigenvalue weighted by molar-refractivity contribution is 0.0691. The summed E-state index contributed by atoms with van der Waals surface area (Å²) in [6, 6.07) is 4.84. The lowest BCUT2D eigenvalue weighted by Crippen LogP contribution is -2.16. The Bertz CT molecular complexity index is 429. The fraction of sp³-hybridized carbons (Fsp3) is 0.273. The van der Waals surface area contributed by atoms with E-state index in [0.29, 0.717) is 4.90 Å². The zero-order valence-electron chi connectivity index (χ0n) is 8.86. The van der Waals surface area contributed by atoms with Crippen LogP contribution in [0.2, 0.25) is 0 Å². The number of rotatable bonds is 4. The SMILES string of the molecule is CSc1cccc(C(=O)O)c1C(=O)C(C)Br. The van der Waals surface area contributed by atoms with E-state index in [1.54, 1.807) is 19.1 Å². The molecule has 0 aromatic heterocycles. The molecule has 0 bridgehead atoms. The van der Waals surface area contributed by atoms with E-state index in [-0.39, 0.29) is 21.7 Å². The lowest BCUT2D eigenvalue weighted by Gasteiger charge is -2.11. The molecule has 0 spiro atoms. The molecule has 0 fully saturated rings. The van der Waals surface area contributed by atoms with E-state index in [0.717, 1.165) is 0 Å². The average Bonchev–Trinajstić information content (AvgIpc) is 2.26. The third kappa shape index (κ3) is 2.65. The van der Waals surface area contributed by atoms with Crippen molar-refractivity contribution in [2.75, 3.05) is 6.26 Å². The minimum absolute atomic E-state index is 0.0585. The molecular weight excluding hydrogens is 292 g/mol. The molecule has 0 saturated carbocycles. The van der Waals surface area contributed by atoms with Gasteiger partial charge in [0.2, 0.25) is 0 Å². The summed E-state index contributed by atoms with van der Waals surface area (Å²) in [5.41, 5.74) is 0.343. The van der Waals surface area contributed by atoms with Crippen LogP contribution in [0.3, 0.4) is 0 Å². The van der Waals surface area contributed by atoms with Crippen LogP contribution in [0, 0.1) is 0 Å². The molecule has 0 aliphatic rings. The third-order valence-corrected chi connectivity index (χ3v) is 3.28. The predicted octanol–water partition coefficient (Wildman–Crippen LogP) is 3.07. The second kappa shape index (κ2) is 5.50. The number of carboxylic acids is 1. The highest BCUT2D eigenvalue weighted by Gasteiger charge is 2.22. The first-order valence-corrected chi connectivity index (χ1v) is 6.71. The molecular formula is C11H11BrO3S. The van der Waals surface area contributed by atoms with Gasteiger partial charge >= 0.3 is 5.97 Å². The number of alkyl halides is 1. The highest BCUT2D eigenvalue weighted by Crippen LogP contribution is 2.26. The molecule has 0 amide bonds. The minimum atomic E-state index is -1.08. The summed E-state index contributed by atoms with van der Waals surface area (Å²) in [5, 5.41) is 9.04. The van der Waals surface area contributed by atoms with Crippen molar-refractivity contribution in [1.29, 1.82) is 0 Å². The molecule has 0 heterocycles. The van der Waals surface area contributed by atoms with Crippen molar-refractivity contribution in [2.24, 2.45) is 0 Å². The second-order valence-electron chi connectivity index (χ2n) is 3.17. The molecule has 86 valence electrons. The zero-order valence-corrected chi connectivity index (χ0v) is 11.3. The van der Waals surface area contributed by atoms with E-state index in [1.165, 1.54) is 17.8 Å². The van der Waals surface area contributed by atoms with Crippen LogP contribution >= 0.6 is 27.7 Å². The first-order chi connectivity index (χ1) is 7.49. The van der Waals surface area contributed by atoms with Crippen LogP contribution in [-0.4, -0.2) is 27.9 Å². The number of carboxylic acid groups (broad SMARTS) is 1. The molecule has 0 radical (unpaired) electrons. The van der Waals surface area contributed by atoms with E-state index < -0.39 is 5.97 Å². The van der Waals surface area contributed by atoms with Crippen LogP contribution in [0.4, 0.5) is 0 Å². The first kappa shape index (κ1) is 13.3. The van der Waals surface area contributed by atoms with Crippen LogP contribution in [0.25, 0.3) is 0 Å². The van der Waals surface area contributed by atoms with Gasteiger partial charge in [0.25, 0.3) is 0 Å². The number of benzene rings is 1. The normalized spacial score (nSPS) is 12.2. The molecule has 0 aliphatic heterocycles. The summed E-state index contributed by atoms with van der Waals surface area (Å²) in [4.78, 5) is 23.3. The number of hydrogen-bond acceptors (Lipinski definition) is 3. The lowest BCUT2D eigenvalue weighted by atomic mass is 10.0. The molecule has 0 aliphatic carbocycles. The Hall–Kier alpha value is -0.810. The Morgan fingerprint density at radius 1 is 1.44 bits per heavy atom. The van der Waals surface area contributed by atoms with Crippen molar-refractivity contribution in [3.63, 3.8) is 0 Å². The number of thioether (sulfide) groups is 1. The number of Topliss-reactive ketones (excluding diaryl/α,β-unsaturated/α-hetero) is 1. The molecule has 1 aromatic carbocycles. The quantitative estimate of drug-likeness (QED) is 0.527. The number of ketones is 1. The summed E-state index contributed by atoms with van der Waals surface area (Å²) in [5.74, 6) is -1.28. The van der Waals surface area contributed by atoms with Gasteiger partial charge in [-0.15, -0.1) is 11.8 Å². The van der Waals surface area contributed by atoms with Crippen LogP contribution in [0.1, 0.15) is 27.6 Å². The Morgan fingerprint density at radius 2 is 2.06 bits per heavy atom. The van der Waals surface area contributed by atoms with Crippen LogP contribution in [-0.2, 0) is 0 Å². The van der Waals surface area contributed by atoms with Crippen molar-refractivity contribution in [2.45, 2.75) is 16.6 Å². The van der Waals surface area contributed by atoms with Gasteiger partial charge < -0.3 is 5.11 Å². The number of aromatic carboxylic acids is 1. The van der Waals surface area contributed by atoms with Gasteiger partial charge in [0.05, 0.1) is 10.4 Å². The number of carbonyl (C=O) groups excluding carboxylic acids is 1. The van der Waals surface area contributed by atoms with Crippen molar-refractivity contribution in [1.82, 2.24) is 0 Å². The van der Waals surface area contributed by atoms with Gasteiger partial charge in [-0.05, 0) is 25.3 Å². The maximum absolute atomic E-state index is 11.9. The Labute approximate surface area is 106 Å². The largest absolute Gasteiger partial charge is 0.478 e.